The van der Waals surface area contributed by atoms with E-state index in [9.17, 15) is 9.59 Å². The minimum atomic E-state index is -0.519. The van der Waals surface area contributed by atoms with E-state index in [1.165, 1.54) is 0 Å². The van der Waals surface area contributed by atoms with Gasteiger partial charge in [0, 0.05) is 25.2 Å². The highest BCUT2D eigenvalue weighted by molar-refractivity contribution is 5.91. The molecule has 1 aliphatic rings. The van der Waals surface area contributed by atoms with Crippen LogP contribution in [0.4, 0.5) is 0 Å². The third kappa shape index (κ3) is 12.6. The maximum Gasteiger partial charge on any atom is 0.331 e. The standard InChI is InChI=1S/C19H33NO5/c1-19(2,3)16-25-18(22)9-8-17(21)24-13-7-5-4-6-10-20-11-14-23-15-12-20/h8-9H,4-7,10-16H2,1-3H3. The lowest BCUT2D eigenvalue weighted by atomic mass is 9.99. The summed E-state index contributed by atoms with van der Waals surface area (Å²) in [6.45, 7) is 11.5. The van der Waals surface area contributed by atoms with E-state index in [0.717, 1.165) is 70.7 Å². The number of hydrogen-bond donors (Lipinski definition) is 0. The molecule has 1 saturated heterocycles. The summed E-state index contributed by atoms with van der Waals surface area (Å²) >= 11 is 0. The normalized spacial score (nSPS) is 16.1. The van der Waals surface area contributed by atoms with Crippen LogP contribution in [-0.2, 0) is 23.8 Å². The van der Waals surface area contributed by atoms with Crippen molar-refractivity contribution in [3.05, 3.63) is 12.2 Å². The molecule has 1 fully saturated rings. The van der Waals surface area contributed by atoms with Gasteiger partial charge in [-0.1, -0.05) is 33.6 Å². The molecule has 144 valence electrons. The van der Waals surface area contributed by atoms with Gasteiger partial charge in [0.25, 0.3) is 0 Å². The van der Waals surface area contributed by atoms with Crippen LogP contribution in [0.1, 0.15) is 46.5 Å². The van der Waals surface area contributed by atoms with E-state index in [4.69, 9.17) is 14.2 Å². The Labute approximate surface area is 151 Å². The number of carbonyl (C=O) groups is 2. The molecule has 1 rings (SSSR count). The Hall–Kier alpha value is -1.40. The first-order valence-electron chi connectivity index (χ1n) is 9.18. The van der Waals surface area contributed by atoms with Gasteiger partial charge in [-0.05, 0) is 24.8 Å². The molecule has 0 bridgehead atoms. The molecular formula is C19H33NO5. The van der Waals surface area contributed by atoms with Crippen molar-refractivity contribution >= 4 is 11.9 Å². The average molecular weight is 355 g/mol. The predicted molar refractivity (Wildman–Crippen MR) is 96.2 cm³/mol. The second kappa shape index (κ2) is 12.0. The van der Waals surface area contributed by atoms with Crippen LogP contribution in [-0.4, -0.2) is 62.9 Å². The second-order valence-corrected chi connectivity index (χ2v) is 7.54. The van der Waals surface area contributed by atoms with Gasteiger partial charge in [0.2, 0.25) is 0 Å². The van der Waals surface area contributed by atoms with Crippen LogP contribution in [0.3, 0.4) is 0 Å². The molecule has 1 heterocycles. The monoisotopic (exact) mass is 355 g/mol. The van der Waals surface area contributed by atoms with Gasteiger partial charge in [-0.2, -0.15) is 0 Å². The molecule has 0 amide bonds. The van der Waals surface area contributed by atoms with Crippen molar-refractivity contribution < 1.29 is 23.8 Å². The number of unbranched alkanes of at least 4 members (excludes halogenated alkanes) is 3. The molecule has 0 aromatic rings. The van der Waals surface area contributed by atoms with Crippen LogP contribution in [0, 0.1) is 5.41 Å². The Morgan fingerprint density at radius 1 is 0.960 bits per heavy atom. The molecule has 0 radical (unpaired) electrons. The largest absolute Gasteiger partial charge is 0.463 e. The van der Waals surface area contributed by atoms with Gasteiger partial charge in [-0.25, -0.2) is 9.59 Å². The summed E-state index contributed by atoms with van der Waals surface area (Å²) in [6, 6.07) is 0. The number of nitrogens with zero attached hydrogens (tertiary/aromatic N) is 1. The number of morpholine rings is 1. The molecule has 0 atom stereocenters. The molecule has 25 heavy (non-hydrogen) atoms. The number of hydrogen-bond acceptors (Lipinski definition) is 6. The third-order valence-corrected chi connectivity index (χ3v) is 3.72. The number of ether oxygens (including phenoxy) is 3. The van der Waals surface area contributed by atoms with Crippen LogP contribution >= 0.6 is 0 Å². The van der Waals surface area contributed by atoms with E-state index in [1.807, 2.05) is 20.8 Å². The van der Waals surface area contributed by atoms with Crippen molar-refractivity contribution in [2.24, 2.45) is 5.41 Å². The van der Waals surface area contributed by atoms with E-state index in [-0.39, 0.29) is 5.41 Å². The molecule has 1 aliphatic heterocycles. The first-order valence-corrected chi connectivity index (χ1v) is 9.18. The van der Waals surface area contributed by atoms with Gasteiger partial charge < -0.3 is 14.2 Å². The molecule has 0 N–H and O–H groups in total. The highest BCUT2D eigenvalue weighted by Gasteiger charge is 2.12. The quantitative estimate of drug-likeness (QED) is 0.341. The molecule has 0 aromatic heterocycles. The fourth-order valence-corrected chi connectivity index (χ4v) is 2.31. The lowest BCUT2D eigenvalue weighted by Gasteiger charge is -2.26. The lowest BCUT2D eigenvalue weighted by molar-refractivity contribution is -0.142. The Morgan fingerprint density at radius 3 is 2.20 bits per heavy atom. The first kappa shape index (κ1) is 21.6. The van der Waals surface area contributed by atoms with Crippen molar-refractivity contribution in [3.63, 3.8) is 0 Å². The molecule has 6 heteroatoms. The maximum atomic E-state index is 11.5. The summed E-state index contributed by atoms with van der Waals surface area (Å²) in [5.41, 5.74) is -0.0915. The molecule has 0 unspecified atom stereocenters. The van der Waals surface area contributed by atoms with Crippen molar-refractivity contribution in [2.75, 3.05) is 46.1 Å². The third-order valence-electron chi connectivity index (χ3n) is 3.72. The van der Waals surface area contributed by atoms with Crippen molar-refractivity contribution in [2.45, 2.75) is 46.5 Å². The molecular weight excluding hydrogens is 322 g/mol. The Bertz CT molecular complexity index is 422. The summed E-state index contributed by atoms with van der Waals surface area (Å²) in [6.07, 6.45) is 6.42. The van der Waals surface area contributed by atoms with Gasteiger partial charge in [-0.3, -0.25) is 4.90 Å². The van der Waals surface area contributed by atoms with E-state index in [2.05, 4.69) is 4.90 Å². The summed E-state index contributed by atoms with van der Waals surface area (Å²) in [5, 5.41) is 0. The van der Waals surface area contributed by atoms with Gasteiger partial charge in [0.1, 0.15) is 0 Å². The van der Waals surface area contributed by atoms with Crippen LogP contribution < -0.4 is 0 Å². The van der Waals surface area contributed by atoms with E-state index in [1.54, 1.807) is 0 Å². The van der Waals surface area contributed by atoms with Crippen LogP contribution in [0.25, 0.3) is 0 Å². The Balaban J connectivity index is 1.97. The van der Waals surface area contributed by atoms with Crippen LogP contribution in [0.2, 0.25) is 0 Å². The topological polar surface area (TPSA) is 65.1 Å². The second-order valence-electron chi connectivity index (χ2n) is 7.54. The molecule has 0 aromatic carbocycles. The van der Waals surface area contributed by atoms with Gasteiger partial charge in [0.05, 0.1) is 26.4 Å². The van der Waals surface area contributed by atoms with Crippen molar-refractivity contribution in [1.29, 1.82) is 0 Å². The van der Waals surface area contributed by atoms with E-state index >= 15 is 0 Å². The fraction of sp³-hybridized carbons (Fsp3) is 0.789. The van der Waals surface area contributed by atoms with E-state index < -0.39 is 11.9 Å². The van der Waals surface area contributed by atoms with Gasteiger partial charge in [0.15, 0.2) is 0 Å². The number of carbonyl (C=O) groups excluding carboxylic acids is 2. The van der Waals surface area contributed by atoms with Crippen molar-refractivity contribution in [3.8, 4) is 0 Å². The smallest absolute Gasteiger partial charge is 0.331 e. The summed E-state index contributed by atoms with van der Waals surface area (Å²) < 4.78 is 15.4. The molecule has 0 spiro atoms. The minimum absolute atomic E-state index is 0.0915. The highest BCUT2D eigenvalue weighted by atomic mass is 16.5. The Kier molecular flexibility index (Phi) is 10.4. The fourth-order valence-electron chi connectivity index (χ4n) is 2.31. The van der Waals surface area contributed by atoms with E-state index in [0.29, 0.717) is 13.2 Å². The van der Waals surface area contributed by atoms with Gasteiger partial charge in [-0.15, -0.1) is 0 Å². The highest BCUT2D eigenvalue weighted by Crippen LogP contribution is 2.12. The first-order chi connectivity index (χ1) is 11.9. The zero-order valence-electron chi connectivity index (χ0n) is 15.9. The maximum absolute atomic E-state index is 11.5. The zero-order valence-corrected chi connectivity index (χ0v) is 15.9. The summed E-state index contributed by atoms with van der Waals surface area (Å²) in [5.74, 6) is -1.02. The summed E-state index contributed by atoms with van der Waals surface area (Å²) in [4.78, 5) is 25.4. The van der Waals surface area contributed by atoms with Crippen LogP contribution in [0.5, 0.6) is 0 Å². The predicted octanol–water partition coefficient (Wildman–Crippen LogP) is 2.57. The SMILES string of the molecule is CC(C)(C)COC(=O)C=CC(=O)OCCCCCCN1CCOCC1. The van der Waals surface area contributed by atoms with Crippen molar-refractivity contribution in [1.82, 2.24) is 4.90 Å². The van der Waals surface area contributed by atoms with Crippen LogP contribution in [0.15, 0.2) is 12.2 Å². The Morgan fingerprint density at radius 2 is 1.56 bits per heavy atom. The number of rotatable bonds is 10. The van der Waals surface area contributed by atoms with Gasteiger partial charge >= 0.3 is 11.9 Å². The number of esters is 2. The average Bonchev–Trinajstić information content (AvgIpc) is 2.57. The molecule has 0 saturated carbocycles. The molecule has 0 aliphatic carbocycles. The summed E-state index contributed by atoms with van der Waals surface area (Å²) in [7, 11) is 0. The minimum Gasteiger partial charge on any atom is -0.463 e. The zero-order chi connectivity index (χ0) is 18.5. The lowest BCUT2D eigenvalue weighted by Crippen LogP contribution is -2.36. The molecule has 6 nitrogen and oxygen atoms in total.